The van der Waals surface area contributed by atoms with Crippen molar-refractivity contribution in [2.24, 2.45) is 4.99 Å². The smallest absolute Gasteiger partial charge is 0.0488 e. The molecule has 0 saturated heterocycles. The van der Waals surface area contributed by atoms with Gasteiger partial charge in [-0.2, -0.15) is 0 Å². The van der Waals surface area contributed by atoms with Crippen LogP contribution in [-0.4, -0.2) is 38.4 Å². The molecule has 0 aromatic heterocycles. The van der Waals surface area contributed by atoms with Crippen LogP contribution in [0.2, 0.25) is 0 Å². The van der Waals surface area contributed by atoms with Gasteiger partial charge in [0.15, 0.2) is 0 Å². The third-order valence-electron chi connectivity index (χ3n) is 3.95. The van der Waals surface area contributed by atoms with E-state index in [9.17, 15) is 0 Å². The van der Waals surface area contributed by atoms with Gasteiger partial charge >= 0.3 is 0 Å². The summed E-state index contributed by atoms with van der Waals surface area (Å²) in [6.07, 6.45) is 9.94. The van der Waals surface area contributed by atoms with Crippen molar-refractivity contribution < 1.29 is 0 Å². The van der Waals surface area contributed by atoms with Crippen LogP contribution in [0.1, 0.15) is 12.5 Å². The summed E-state index contributed by atoms with van der Waals surface area (Å²) in [5.74, 6) is 2.19. The summed E-state index contributed by atoms with van der Waals surface area (Å²) in [6, 6.07) is 13.1. The first-order valence-electron chi connectivity index (χ1n) is 9.10. The summed E-state index contributed by atoms with van der Waals surface area (Å²) < 4.78 is 0. The third kappa shape index (κ3) is 7.31. The van der Waals surface area contributed by atoms with Gasteiger partial charge in [-0.05, 0) is 46.2 Å². The van der Waals surface area contributed by atoms with Gasteiger partial charge in [0.1, 0.15) is 0 Å². The lowest BCUT2D eigenvalue weighted by Crippen LogP contribution is -2.07. The van der Waals surface area contributed by atoms with Gasteiger partial charge in [0.25, 0.3) is 0 Å². The van der Waals surface area contributed by atoms with Gasteiger partial charge in [-0.15, -0.1) is 0 Å². The largest absolute Gasteiger partial charge is 0.378 e. The Morgan fingerprint density at radius 3 is 2.63 bits per heavy atom. The first-order valence-corrected chi connectivity index (χ1v) is 11.6. The highest BCUT2D eigenvalue weighted by molar-refractivity contribution is 8.76. The minimum atomic E-state index is 0.849. The van der Waals surface area contributed by atoms with Gasteiger partial charge in [0.05, 0.1) is 0 Å². The lowest BCUT2D eigenvalue weighted by Gasteiger charge is -2.13. The number of nitrogens with zero attached hydrogens (tertiary/aromatic N) is 2. The zero-order valence-corrected chi connectivity index (χ0v) is 18.0. The summed E-state index contributed by atoms with van der Waals surface area (Å²) in [5, 5.41) is 2.50. The van der Waals surface area contributed by atoms with Crippen molar-refractivity contribution >= 4 is 50.3 Å². The van der Waals surface area contributed by atoms with Crippen LogP contribution in [0.25, 0.3) is 16.8 Å². The molecule has 0 fully saturated rings. The van der Waals surface area contributed by atoms with Gasteiger partial charge in [-0.1, -0.05) is 71.5 Å². The molecule has 0 N–H and O–H groups in total. The molecule has 0 radical (unpaired) electrons. The molecule has 4 heteroatoms. The Bertz CT molecular complexity index is 835. The topological polar surface area (TPSA) is 15.6 Å². The van der Waals surface area contributed by atoms with E-state index < -0.39 is 0 Å². The predicted molar refractivity (Wildman–Crippen MR) is 130 cm³/mol. The molecule has 0 aliphatic rings. The molecule has 2 rings (SSSR count). The van der Waals surface area contributed by atoms with Gasteiger partial charge in [0, 0.05) is 44.0 Å². The van der Waals surface area contributed by atoms with Crippen LogP contribution in [0, 0.1) is 0 Å². The van der Waals surface area contributed by atoms with Crippen LogP contribution in [0.5, 0.6) is 0 Å². The molecule has 0 bridgehead atoms. The first kappa shape index (κ1) is 21.4. The molecule has 0 saturated carbocycles. The lowest BCUT2D eigenvalue weighted by molar-refractivity contribution is 1.14. The van der Waals surface area contributed by atoms with Crippen molar-refractivity contribution in [2.75, 3.05) is 37.0 Å². The van der Waals surface area contributed by atoms with Crippen LogP contribution >= 0.6 is 21.6 Å². The quantitative estimate of drug-likeness (QED) is 0.197. The lowest BCUT2D eigenvalue weighted by atomic mass is 10.0. The summed E-state index contributed by atoms with van der Waals surface area (Å²) in [5.41, 5.74) is 3.45. The van der Waals surface area contributed by atoms with Gasteiger partial charge < -0.3 is 4.90 Å². The fraction of sp³-hybridized carbons (Fsp3) is 0.261. The minimum absolute atomic E-state index is 0.849. The number of anilines is 1. The summed E-state index contributed by atoms with van der Waals surface area (Å²) >= 11 is 0. The van der Waals surface area contributed by atoms with Crippen LogP contribution in [0.15, 0.2) is 71.8 Å². The van der Waals surface area contributed by atoms with Crippen molar-refractivity contribution in [3.05, 3.63) is 72.3 Å². The number of hydrogen-bond acceptors (Lipinski definition) is 4. The van der Waals surface area contributed by atoms with Crippen molar-refractivity contribution in [1.29, 1.82) is 0 Å². The standard InChI is InChI=1S/C23H28N2S2/c1-5-19(13-14-24-15-16-27-26-6-2)7-8-20-9-10-22-18-23(25(3)4)12-11-21(22)17-20/h5,7-14,17-18H,1,6,15-16H2,2-4H3/b8-7+,19-13+,24-14+. The van der Waals surface area contributed by atoms with E-state index >= 15 is 0 Å². The van der Waals surface area contributed by atoms with Crippen LogP contribution in [0.4, 0.5) is 5.69 Å². The summed E-state index contributed by atoms with van der Waals surface area (Å²) in [4.78, 5) is 6.55. The molecule has 2 aromatic carbocycles. The van der Waals surface area contributed by atoms with Crippen LogP contribution in [-0.2, 0) is 0 Å². The zero-order chi connectivity index (χ0) is 19.5. The highest BCUT2D eigenvalue weighted by Crippen LogP contribution is 2.23. The van der Waals surface area contributed by atoms with Crippen LogP contribution in [0.3, 0.4) is 0 Å². The predicted octanol–water partition coefficient (Wildman–Crippen LogP) is 6.50. The number of rotatable bonds is 10. The zero-order valence-electron chi connectivity index (χ0n) is 16.4. The number of aliphatic imine (C=N–C) groups is 1. The Labute approximate surface area is 171 Å². The van der Waals surface area contributed by atoms with E-state index in [0.717, 1.165) is 23.6 Å². The average molecular weight is 397 g/mol. The fourth-order valence-electron chi connectivity index (χ4n) is 2.46. The Balaban J connectivity index is 2.01. The van der Waals surface area contributed by atoms with Gasteiger partial charge in [0.2, 0.25) is 0 Å². The maximum atomic E-state index is 4.43. The average Bonchev–Trinajstić information content (AvgIpc) is 2.68. The van der Waals surface area contributed by atoms with E-state index in [-0.39, 0.29) is 0 Å². The van der Waals surface area contributed by atoms with E-state index in [4.69, 9.17) is 0 Å². The second-order valence-electron chi connectivity index (χ2n) is 6.17. The molecule has 0 heterocycles. The van der Waals surface area contributed by atoms with Crippen molar-refractivity contribution in [3.8, 4) is 0 Å². The second-order valence-corrected chi connectivity index (χ2v) is 9.04. The summed E-state index contributed by atoms with van der Waals surface area (Å²) in [7, 11) is 7.88. The number of hydrogen-bond donors (Lipinski definition) is 0. The van der Waals surface area contributed by atoms with E-state index in [1.165, 1.54) is 22.0 Å². The number of fused-ring (bicyclic) bond motifs is 1. The van der Waals surface area contributed by atoms with Gasteiger partial charge in [-0.3, -0.25) is 4.99 Å². The third-order valence-corrected chi connectivity index (χ3v) is 6.40. The van der Waals surface area contributed by atoms with Crippen molar-refractivity contribution in [3.63, 3.8) is 0 Å². The Hall–Kier alpha value is -1.91. The Morgan fingerprint density at radius 2 is 1.89 bits per heavy atom. The highest BCUT2D eigenvalue weighted by atomic mass is 33.1. The van der Waals surface area contributed by atoms with E-state index in [1.54, 1.807) is 0 Å². The maximum Gasteiger partial charge on any atom is 0.0488 e. The molecule has 2 nitrogen and oxygen atoms in total. The normalized spacial score (nSPS) is 12.3. The molecule has 2 aromatic rings. The molecule has 0 atom stereocenters. The molecular weight excluding hydrogens is 368 g/mol. The van der Waals surface area contributed by atoms with Crippen molar-refractivity contribution in [1.82, 2.24) is 0 Å². The minimum Gasteiger partial charge on any atom is -0.378 e. The summed E-state index contributed by atoms with van der Waals surface area (Å²) in [6.45, 7) is 6.91. The molecule has 27 heavy (non-hydrogen) atoms. The Morgan fingerprint density at radius 1 is 1.11 bits per heavy atom. The molecule has 0 amide bonds. The molecule has 0 aliphatic carbocycles. The fourth-order valence-corrected chi connectivity index (χ4v) is 4.00. The number of allylic oxidation sites excluding steroid dienone is 4. The van der Waals surface area contributed by atoms with E-state index in [0.29, 0.717) is 0 Å². The molecule has 0 aliphatic heterocycles. The Kier molecular flexibility index (Phi) is 9.29. The van der Waals surface area contributed by atoms with Crippen LogP contribution < -0.4 is 4.90 Å². The van der Waals surface area contributed by atoms with E-state index in [2.05, 4.69) is 86.0 Å². The highest BCUT2D eigenvalue weighted by Gasteiger charge is 1.99. The van der Waals surface area contributed by atoms with Gasteiger partial charge in [-0.25, -0.2) is 0 Å². The SMILES string of the molecule is C=CC(/C=C/c1ccc2cc(N(C)C)ccc2c1)=C\C=N\CCSSCC. The second kappa shape index (κ2) is 11.7. The van der Waals surface area contributed by atoms with E-state index in [1.807, 2.05) is 40.0 Å². The maximum absolute atomic E-state index is 4.43. The first-order chi connectivity index (χ1) is 13.1. The van der Waals surface area contributed by atoms with Crippen molar-refractivity contribution in [2.45, 2.75) is 6.92 Å². The molecular formula is C23H28N2S2. The monoisotopic (exact) mass is 396 g/mol. The molecule has 0 unspecified atom stereocenters. The number of benzene rings is 2. The molecule has 142 valence electrons. The molecule has 0 spiro atoms.